The van der Waals surface area contributed by atoms with Gasteiger partial charge in [-0.1, -0.05) is 50.3 Å². The molecule has 0 radical (unpaired) electrons. The first kappa shape index (κ1) is 65.3. The number of fused-ring (bicyclic) bond motifs is 14. The molecule has 10 bridgehead atoms. The standard InChI is InChI=1S/C59H59N13O13S6/c1-27(2)43-57-71-46(38(91-57)22-84-5)50(79)61-21-41(74)68-47(48(77)29-10-7-6-8-11-29)56-66-37(25-88-56)54-64-35(23-87-54)45-32(52-65-36(24-86-52)49(78)63-34(20-40(73)60-4)55-70-44(28(3)90-55)51(80)69-43)17-18-33(62-45)53-67-39(26-89-53)72(19-9-12-42(75)76)59(83)85-31-15-13-30(14-16-31)58(81)82/h6-12,17-18,23-27,30-31,34,43,47-48,77H,13-16,19-22H2,1-5H3,(H,60,73)(H,61,79)(H,63,78)(H,68,74)(H,69,80)(H,75,76)(H,81,82)/b12-9+/t30-,31-,34-,43?,47-,48-/m0/s1. The van der Waals surface area contributed by atoms with Gasteiger partial charge in [-0.15, -0.1) is 68.0 Å². The summed E-state index contributed by atoms with van der Waals surface area (Å²) in [5.41, 5.74) is 2.22. The number of nitrogens with one attached hydrogen (secondary N) is 5. The lowest BCUT2D eigenvalue weighted by molar-refractivity contribution is -0.143. The Bertz CT molecular complexity index is 4050. The number of nitrogens with zero attached hydrogens (tertiary/aromatic N) is 8. The molecule has 1 fully saturated rings. The van der Waals surface area contributed by atoms with E-state index in [9.17, 15) is 53.7 Å². The molecule has 1 aliphatic carbocycles. The van der Waals surface area contributed by atoms with Gasteiger partial charge in [0.15, 0.2) is 0 Å². The number of carboxylic acid groups (broad SMARTS) is 2. The van der Waals surface area contributed by atoms with Crippen LogP contribution in [0.4, 0.5) is 10.6 Å². The molecule has 7 aromatic heterocycles. The van der Waals surface area contributed by atoms with Crippen LogP contribution in [0.3, 0.4) is 0 Å². The lowest BCUT2D eigenvalue weighted by Crippen LogP contribution is -2.40. The van der Waals surface area contributed by atoms with Gasteiger partial charge in [0.1, 0.15) is 88.3 Å². The highest BCUT2D eigenvalue weighted by molar-refractivity contribution is 7.15. The summed E-state index contributed by atoms with van der Waals surface area (Å²) in [6.07, 6.45) is 0.497. The minimum atomic E-state index is -1.31. The number of aliphatic hydroxyl groups excluding tert-OH is 1. The minimum absolute atomic E-state index is 0.0167. The third kappa shape index (κ3) is 15.4. The smallest absolute Gasteiger partial charge is 0.416 e. The van der Waals surface area contributed by atoms with E-state index in [2.05, 4.69) is 36.6 Å². The van der Waals surface area contributed by atoms with E-state index in [-0.39, 0.29) is 59.1 Å². The molecule has 1 saturated carbocycles. The third-order valence-corrected chi connectivity index (χ3v) is 20.3. The molecular weight excluding hydrogens is 1290 g/mol. The summed E-state index contributed by atoms with van der Waals surface area (Å²) in [4.78, 5) is 143. The van der Waals surface area contributed by atoms with Gasteiger partial charge in [0.25, 0.3) is 17.7 Å². The highest BCUT2D eigenvalue weighted by atomic mass is 32.1. The Balaban J connectivity index is 1.04. The maximum Gasteiger partial charge on any atom is 0.416 e. The first-order valence-electron chi connectivity index (χ1n) is 28.3. The molecule has 91 heavy (non-hydrogen) atoms. The van der Waals surface area contributed by atoms with Crippen molar-refractivity contribution in [1.29, 1.82) is 0 Å². The van der Waals surface area contributed by atoms with Crippen LogP contribution < -0.4 is 31.5 Å². The number of carbonyl (C=O) groups excluding carboxylic acids is 6. The maximum absolute atomic E-state index is 14.4. The number of hydrogen-bond acceptors (Lipinski definition) is 24. The Morgan fingerprint density at radius 2 is 1.42 bits per heavy atom. The molecule has 1 aliphatic heterocycles. The lowest BCUT2D eigenvalue weighted by atomic mass is 9.87. The van der Waals surface area contributed by atoms with Crippen LogP contribution in [-0.2, 0) is 35.3 Å². The van der Waals surface area contributed by atoms with Crippen molar-refractivity contribution in [2.24, 2.45) is 11.8 Å². The first-order valence-corrected chi connectivity index (χ1v) is 33.4. The summed E-state index contributed by atoms with van der Waals surface area (Å²) in [5, 5.41) is 53.6. The Labute approximate surface area is 543 Å². The second-order valence-corrected chi connectivity index (χ2v) is 27.0. The van der Waals surface area contributed by atoms with Gasteiger partial charge in [0, 0.05) is 58.7 Å². The number of carbonyl (C=O) groups is 8. The Kier molecular flexibility index (Phi) is 20.9. The van der Waals surface area contributed by atoms with E-state index >= 15 is 0 Å². The number of aliphatic carboxylic acids is 2. The van der Waals surface area contributed by atoms with Crippen LogP contribution in [0.2, 0.25) is 0 Å². The molecule has 8 N–H and O–H groups in total. The van der Waals surface area contributed by atoms with Gasteiger partial charge in [0.2, 0.25) is 11.8 Å². The second kappa shape index (κ2) is 29.1. The third-order valence-electron chi connectivity index (χ3n) is 14.6. The molecule has 0 spiro atoms. The van der Waals surface area contributed by atoms with Crippen LogP contribution in [0.5, 0.6) is 0 Å². The number of aryl methyl sites for hydroxylation is 1. The lowest BCUT2D eigenvalue weighted by Gasteiger charge is -2.28. The molecule has 6 amide bonds. The zero-order chi connectivity index (χ0) is 64.6. The molecule has 4 atom stereocenters. The first-order chi connectivity index (χ1) is 43.7. The average molecular weight is 1350 g/mol. The van der Waals surface area contributed by atoms with E-state index in [4.69, 9.17) is 34.4 Å². The largest absolute Gasteiger partial charge is 0.481 e. The van der Waals surface area contributed by atoms with E-state index in [0.717, 1.165) is 62.8 Å². The second-order valence-electron chi connectivity index (χ2n) is 21.2. The van der Waals surface area contributed by atoms with Crippen molar-refractivity contribution in [3.63, 3.8) is 0 Å². The van der Waals surface area contributed by atoms with Crippen molar-refractivity contribution in [2.75, 3.05) is 32.1 Å². The fraction of sp³-hybridized carbons (Fsp3) is 0.339. The van der Waals surface area contributed by atoms with Crippen molar-refractivity contribution in [3.05, 3.63) is 124 Å². The van der Waals surface area contributed by atoms with Gasteiger partial charge in [0.05, 0.1) is 48.1 Å². The van der Waals surface area contributed by atoms with E-state index in [1.54, 1.807) is 70.9 Å². The normalized spacial score (nSPS) is 18.6. The predicted molar refractivity (Wildman–Crippen MR) is 341 cm³/mol. The zero-order valence-corrected chi connectivity index (χ0v) is 54.1. The molecule has 8 heterocycles. The van der Waals surface area contributed by atoms with Gasteiger partial charge in [-0.3, -0.25) is 33.7 Å². The summed E-state index contributed by atoms with van der Waals surface area (Å²) in [6.45, 7) is 4.64. The monoisotopic (exact) mass is 1350 g/mol. The molecular formula is C59H59N13O13S6. The molecule has 1 aromatic carbocycles. The van der Waals surface area contributed by atoms with E-state index < -0.39 is 90.4 Å². The van der Waals surface area contributed by atoms with Crippen molar-refractivity contribution >= 4 is 121 Å². The van der Waals surface area contributed by atoms with Gasteiger partial charge < -0.3 is 51.4 Å². The zero-order valence-electron chi connectivity index (χ0n) is 49.2. The average Bonchev–Trinajstić information content (AvgIpc) is 1.75. The molecule has 1 unspecified atom stereocenters. The van der Waals surface area contributed by atoms with Crippen molar-refractivity contribution in [1.82, 2.24) is 61.5 Å². The molecule has 0 saturated heterocycles. The van der Waals surface area contributed by atoms with Crippen LogP contribution in [0, 0.1) is 18.8 Å². The van der Waals surface area contributed by atoms with Gasteiger partial charge in [-0.25, -0.2) is 44.5 Å². The number of methoxy groups -OCH3 is 1. The highest BCUT2D eigenvalue weighted by Crippen LogP contribution is 2.41. The molecule has 2 aliphatic rings. The maximum atomic E-state index is 14.4. The topological polar surface area (TPSA) is 369 Å². The van der Waals surface area contributed by atoms with Crippen LogP contribution in [0.15, 0.2) is 76.1 Å². The number of carboxylic acids is 2. The fourth-order valence-corrected chi connectivity index (χ4v) is 15.4. The summed E-state index contributed by atoms with van der Waals surface area (Å²) >= 11 is 6.91. The number of hydrogen-bond donors (Lipinski definition) is 8. The summed E-state index contributed by atoms with van der Waals surface area (Å²) in [7, 11) is 2.91. The van der Waals surface area contributed by atoms with Crippen molar-refractivity contribution < 1.29 is 63.1 Å². The van der Waals surface area contributed by atoms with E-state index in [1.165, 1.54) is 36.5 Å². The van der Waals surface area contributed by atoms with Gasteiger partial charge in [-0.2, -0.15) is 0 Å². The van der Waals surface area contributed by atoms with Crippen molar-refractivity contribution in [3.8, 4) is 43.4 Å². The van der Waals surface area contributed by atoms with E-state index in [1.807, 2.05) is 13.8 Å². The van der Waals surface area contributed by atoms with Crippen LogP contribution in [0.25, 0.3) is 43.4 Å². The molecule has 8 aromatic rings. The predicted octanol–water partition coefficient (Wildman–Crippen LogP) is 8.54. The van der Waals surface area contributed by atoms with E-state index in [0.29, 0.717) is 88.7 Å². The van der Waals surface area contributed by atoms with Crippen LogP contribution >= 0.6 is 68.0 Å². The summed E-state index contributed by atoms with van der Waals surface area (Å²) in [5.74, 6) is -5.87. The summed E-state index contributed by atoms with van der Waals surface area (Å²) in [6, 6.07) is 9.18. The number of benzene rings is 1. The van der Waals surface area contributed by atoms with Gasteiger partial charge in [-0.05, 0) is 56.2 Å². The number of rotatable bonds is 14. The molecule has 26 nitrogen and oxygen atoms in total. The minimum Gasteiger partial charge on any atom is -0.481 e. The molecule has 32 heteroatoms. The SMILES string of the molecule is CNC(=O)C[C@@H]1NC(=O)c2csc(n2)-c2ccc(-c3nc(N(C/C=C/C(=O)O)C(=O)O[C@H]4CC[C@H](C(=O)O)CC4)cs3)nc2-c2csc(n2)-c2csc(n2)[C@H]([C@@H](O)c2ccccc2)NC(=O)CNC(=O)c2nc(sc2COC)C(C(C)C)NC(=O)c2nc1sc2C. The highest BCUT2D eigenvalue weighted by Gasteiger charge is 2.34. The van der Waals surface area contributed by atoms with Crippen LogP contribution in [-0.4, -0.2) is 131 Å². The Hall–Kier alpha value is -8.63. The van der Waals surface area contributed by atoms with Crippen LogP contribution in [0.1, 0.15) is 132 Å². The molecule has 474 valence electrons. The Morgan fingerprint density at radius 1 is 0.714 bits per heavy atom. The Morgan fingerprint density at radius 3 is 2.14 bits per heavy atom. The number of amides is 6. The number of aromatic nitrogens is 7. The summed E-state index contributed by atoms with van der Waals surface area (Å²) < 4.78 is 11.3. The quantitative estimate of drug-likeness (QED) is 0.0472. The number of anilines is 1. The number of ether oxygens (including phenoxy) is 2. The fourth-order valence-electron chi connectivity index (χ4n) is 9.85. The molecule has 10 rings (SSSR count). The number of pyridine rings is 1. The van der Waals surface area contributed by atoms with Gasteiger partial charge >= 0.3 is 18.0 Å². The van der Waals surface area contributed by atoms with Crippen molar-refractivity contribution in [2.45, 2.75) is 89.8 Å². The number of thiazole rings is 6. The number of aliphatic hydroxyl groups is 1.